The molecule has 3 aromatic heterocycles. The highest BCUT2D eigenvalue weighted by molar-refractivity contribution is 6.39. The molecule has 2 amide bonds. The van der Waals surface area contributed by atoms with Crippen LogP contribution in [-0.2, 0) is 105 Å². The van der Waals surface area contributed by atoms with E-state index in [-0.39, 0.29) is 85.7 Å². The van der Waals surface area contributed by atoms with Crippen LogP contribution in [0.4, 0.5) is 11.8 Å². The number of oxime groups is 1. The molecule has 0 unspecified atom stereocenters. The van der Waals surface area contributed by atoms with E-state index in [0.717, 1.165) is 61.0 Å². The number of aliphatic hydroxyl groups excluding tert-OH is 3. The van der Waals surface area contributed by atoms with E-state index >= 15 is 0 Å². The lowest BCUT2D eigenvalue weighted by Crippen LogP contribution is -2.61. The Morgan fingerprint density at radius 1 is 0.704 bits per heavy atom. The van der Waals surface area contributed by atoms with Gasteiger partial charge < -0.3 is 103 Å². The first-order valence-electron chi connectivity index (χ1n) is 48.8. The van der Waals surface area contributed by atoms with Crippen LogP contribution < -0.4 is 11.5 Å². The summed E-state index contributed by atoms with van der Waals surface area (Å²) < 4.78 is 70.1. The van der Waals surface area contributed by atoms with Gasteiger partial charge in [0.1, 0.15) is 53.5 Å². The number of likely N-dealkylation sites (tertiary alicyclic amines) is 1. The molecule has 34 nitrogen and oxygen atoms in total. The fourth-order valence-electron chi connectivity index (χ4n) is 19.0. The van der Waals surface area contributed by atoms with Gasteiger partial charge in [0.2, 0.25) is 11.7 Å². The Morgan fingerprint density at radius 3 is 2.13 bits per heavy atom. The lowest BCUT2D eigenvalue weighted by molar-refractivity contribution is -0.265. The van der Waals surface area contributed by atoms with Crippen LogP contribution in [0.25, 0.3) is 33.4 Å². The summed E-state index contributed by atoms with van der Waals surface area (Å²) in [5, 5.41) is 57.0. The van der Waals surface area contributed by atoms with Gasteiger partial charge in [-0.3, -0.25) is 28.9 Å². The van der Waals surface area contributed by atoms with E-state index in [4.69, 9.17) is 77.9 Å². The fourth-order valence-corrected chi connectivity index (χ4v) is 19.0. The van der Waals surface area contributed by atoms with E-state index in [1.807, 2.05) is 92.8 Å². The standard InChI is InChI=1S/C64H106N2O18.C37H45N9O5/c1-12-78-29-30-80-33-34-81-32-31-79-28-18-21-50(67)41-82-65-58-46(6)35-42(2)19-14-13-15-20-43(3)55(75-9)39-51-25-23-48(8)64(74,84-51)61(71)62(72)66-27-17-16-22-52(66)63(73)83-56(45(5)37-49-24-26-53(68)57(38-49)76-10)40-54(69)44(4)36-47(7)59(70)60(58)77-11;1-2-49-15-16-50-14-10-29(47)18-24-7-11-44(12-8-24)22-32(48)45-13-9-26-17-25(3-4-28(26)21-45)20-46-36-33(35(38)40-23-41-36)34(43-46)27-5-6-31-30(19-27)42-37(39)51-31/h13-15,19-20,36,42,44-46,48-49,51-57,59-60,68-70,74H,12,16-18,21-35,37-41H2,1-11H3;3-6,17,19,23-24H,2,7-16,18,20-22H2,1H3,(H2,39,42)(H2,38,40,41)/b15-13+,19-14+,43-20+,47-36+,65-58?;/t42-,44-,45-,46-,48-,49+,51+,52+,53-,54-,55+,56+,57-,59-,60+,64-;/m1./s1. The molecular formula is C101H151N11O23. The molecule has 8 N–H and O–H groups in total. The SMILES string of the molecule is CCOCCOCCC(=O)CC1CCN(CC(=O)N2CCc3cc(Cn4nc(-c5ccc6oc(N)nc6c5)c5c(N)ncnc54)ccc3C2)CC1.CCOCCOCCOCCOCCCC(=O)CON=C1[C@H](C)C[C@H](C)/C=C/C=C/C=C(\C)[C@@H](OC)C[C@@H]2CC[C@@H](C)[C@@](O)(O2)C(=O)C(=O)N2CCCC[C@H]2C(=O)O[C@H]([C@H](C)C[C@@H]2CC[C@@H](O)[C@H](OC)C2)C[C@@H](O)[C@H](C)/C=C(\C)[C@@H](O)[C@H]1OC. The number of amides is 2. The van der Waals surface area contributed by atoms with Gasteiger partial charge in [-0.25, -0.2) is 19.4 Å². The molecule has 0 spiro atoms. The lowest BCUT2D eigenvalue weighted by atomic mass is 9.78. The maximum absolute atomic E-state index is 14.6. The quantitative estimate of drug-likeness (QED) is 0.00707. The number of allylic oxidation sites excluding steroid dienone is 5. The van der Waals surface area contributed by atoms with Crippen LogP contribution in [0.3, 0.4) is 0 Å². The van der Waals surface area contributed by atoms with Crippen LogP contribution in [0.2, 0.25) is 0 Å². The van der Waals surface area contributed by atoms with E-state index in [0.29, 0.717) is 233 Å². The second-order valence-electron chi connectivity index (χ2n) is 37.2. The third-order valence-corrected chi connectivity index (χ3v) is 27.0. The predicted molar refractivity (Wildman–Crippen MR) is 510 cm³/mol. The van der Waals surface area contributed by atoms with Crippen molar-refractivity contribution in [2.24, 2.45) is 46.6 Å². The summed E-state index contributed by atoms with van der Waals surface area (Å²) in [6.07, 6.45) is 16.6. The number of aromatic nitrogens is 5. The van der Waals surface area contributed by atoms with Crippen LogP contribution in [-0.4, -0.2) is 301 Å². The smallest absolute Gasteiger partial charge is 0.329 e. The molecule has 8 heterocycles. The number of hydrogen-bond acceptors (Lipinski definition) is 31. The summed E-state index contributed by atoms with van der Waals surface area (Å²) >= 11 is 0. The molecular weight excluding hydrogens is 1740 g/mol. The second kappa shape index (κ2) is 55.2. The largest absolute Gasteiger partial charge is 0.460 e. The third kappa shape index (κ3) is 32.2. The number of fused-ring (bicyclic) bond motifs is 6. The Hall–Kier alpha value is -8.69. The average Bonchev–Trinajstić information content (AvgIpc) is 1.68. The molecule has 1 saturated carbocycles. The van der Waals surface area contributed by atoms with Crippen molar-refractivity contribution in [3.05, 3.63) is 107 Å². The number of methoxy groups -OCH3 is 3. The molecule has 34 heteroatoms. The normalized spacial score (nSPS) is 27.8. The number of piperidine rings is 2. The molecule has 748 valence electrons. The number of Topliss-reactive ketones (excluding diaryl/α,β-unsaturated/α-hetero) is 3. The molecule has 4 fully saturated rings. The molecule has 2 aromatic carbocycles. The number of esters is 1. The van der Waals surface area contributed by atoms with E-state index in [9.17, 15) is 49.2 Å². The number of cyclic esters (lactones) is 1. The lowest BCUT2D eigenvalue weighted by Gasteiger charge is -2.43. The van der Waals surface area contributed by atoms with Gasteiger partial charge in [0.25, 0.3) is 17.7 Å². The van der Waals surface area contributed by atoms with Crippen molar-refractivity contribution in [3.8, 4) is 11.3 Å². The van der Waals surface area contributed by atoms with E-state index in [2.05, 4.69) is 50.1 Å². The number of anilines is 2. The van der Waals surface area contributed by atoms with Gasteiger partial charge in [-0.15, -0.1) is 0 Å². The minimum Gasteiger partial charge on any atom is -0.460 e. The Balaban J connectivity index is 0.000000312. The van der Waals surface area contributed by atoms with Crippen LogP contribution in [0.15, 0.2) is 99.9 Å². The number of oxazole rings is 1. The molecule has 0 radical (unpaired) electrons. The molecule has 2 bridgehead atoms. The van der Waals surface area contributed by atoms with Crippen LogP contribution in [0.5, 0.6) is 0 Å². The number of carbonyl (C=O) groups is 6. The highest BCUT2D eigenvalue weighted by Crippen LogP contribution is 2.40. The van der Waals surface area contributed by atoms with Crippen molar-refractivity contribution in [2.45, 2.75) is 258 Å². The van der Waals surface area contributed by atoms with Crippen LogP contribution in [0, 0.1) is 41.4 Å². The Bertz CT molecular complexity index is 4740. The fraction of sp³-hybridized carbons (Fsp3) is 0.673. The molecule has 5 aliphatic heterocycles. The first kappa shape index (κ1) is 108. The van der Waals surface area contributed by atoms with Crippen molar-refractivity contribution in [3.63, 3.8) is 0 Å². The maximum Gasteiger partial charge on any atom is 0.329 e. The highest BCUT2D eigenvalue weighted by Gasteiger charge is 2.53. The molecule has 11 rings (SSSR count). The van der Waals surface area contributed by atoms with Gasteiger partial charge in [0.15, 0.2) is 23.6 Å². The number of hydrogen-bond donors (Lipinski definition) is 6. The number of nitrogens with two attached hydrogens (primary N) is 2. The topological polar surface area (TPSA) is 438 Å². The zero-order chi connectivity index (χ0) is 97.1. The minimum absolute atomic E-state index is 0.00523. The number of rotatable bonds is 37. The zero-order valence-corrected chi connectivity index (χ0v) is 81.5. The summed E-state index contributed by atoms with van der Waals surface area (Å²) in [5.41, 5.74) is 20.6. The summed E-state index contributed by atoms with van der Waals surface area (Å²) in [6, 6.07) is 11.0. The van der Waals surface area contributed by atoms with E-state index in [1.54, 1.807) is 41.1 Å². The number of aliphatic hydroxyl groups is 4. The molecule has 3 saturated heterocycles. The number of carbonyl (C=O) groups excluding carboxylic acids is 6. The van der Waals surface area contributed by atoms with Gasteiger partial charge in [-0.1, -0.05) is 94.4 Å². The monoisotopic (exact) mass is 1890 g/mol. The number of nitrogen functional groups attached to an aromatic ring is 2. The summed E-state index contributed by atoms with van der Waals surface area (Å²) in [7, 11) is 4.63. The molecule has 1 aliphatic carbocycles. The Kier molecular flexibility index (Phi) is 44.3. The number of ether oxygens (including phenoxy) is 11. The van der Waals surface area contributed by atoms with Gasteiger partial charge >= 0.3 is 5.97 Å². The first-order valence-corrected chi connectivity index (χ1v) is 48.8. The van der Waals surface area contributed by atoms with E-state index in [1.165, 1.54) is 23.9 Å². The minimum atomic E-state index is -2.44. The van der Waals surface area contributed by atoms with Crippen molar-refractivity contribution >= 4 is 74.8 Å². The van der Waals surface area contributed by atoms with Crippen molar-refractivity contribution < 1.29 is 111 Å². The van der Waals surface area contributed by atoms with Crippen molar-refractivity contribution in [2.75, 3.05) is 151 Å². The van der Waals surface area contributed by atoms with Crippen LogP contribution >= 0.6 is 0 Å². The number of nitrogens with zero attached hydrogens (tertiary/aromatic N) is 9. The highest BCUT2D eigenvalue weighted by atomic mass is 16.6. The van der Waals surface area contributed by atoms with Crippen molar-refractivity contribution in [1.29, 1.82) is 0 Å². The summed E-state index contributed by atoms with van der Waals surface area (Å²) in [5.74, 6) is -6.17. The van der Waals surface area contributed by atoms with Crippen LogP contribution in [0.1, 0.15) is 195 Å². The Morgan fingerprint density at radius 2 is 1.42 bits per heavy atom. The van der Waals surface area contributed by atoms with Gasteiger partial charge in [0.05, 0.1) is 114 Å². The number of benzene rings is 2. The second-order valence-corrected chi connectivity index (χ2v) is 37.2. The summed E-state index contributed by atoms with van der Waals surface area (Å²) in [6.45, 7) is 26.6. The average molecular weight is 1890 g/mol. The van der Waals surface area contributed by atoms with E-state index < -0.39 is 84.1 Å². The third-order valence-electron chi connectivity index (χ3n) is 27.0. The summed E-state index contributed by atoms with van der Waals surface area (Å²) in [4.78, 5) is 106. The number of ketones is 3. The van der Waals surface area contributed by atoms with Gasteiger partial charge in [0, 0.05) is 116 Å². The van der Waals surface area contributed by atoms with Gasteiger partial charge in [-0.05, 0) is 200 Å². The zero-order valence-electron chi connectivity index (χ0n) is 81.5. The molecule has 135 heavy (non-hydrogen) atoms. The van der Waals surface area contributed by atoms with Gasteiger partial charge in [-0.2, -0.15) is 10.1 Å². The molecule has 16 atom stereocenters. The maximum atomic E-state index is 14.6. The molecule has 6 aliphatic rings. The molecule has 5 aromatic rings. The van der Waals surface area contributed by atoms with Crippen molar-refractivity contribution in [1.82, 2.24) is 39.4 Å². The first-order chi connectivity index (χ1) is 65.0. The predicted octanol–water partition coefficient (Wildman–Crippen LogP) is 11.1. The Labute approximate surface area is 795 Å².